The van der Waals surface area contributed by atoms with Crippen LogP contribution in [-0.2, 0) is 14.3 Å². The molecule has 0 aliphatic heterocycles. The van der Waals surface area contributed by atoms with E-state index in [4.69, 9.17) is 4.74 Å². The Hall–Kier alpha value is -1.79. The predicted octanol–water partition coefficient (Wildman–Crippen LogP) is 1.86. The molecule has 0 aromatic heterocycles. The van der Waals surface area contributed by atoms with Crippen molar-refractivity contribution >= 4 is 17.9 Å². The average Bonchev–Trinajstić information content (AvgIpc) is 2.43. The Kier molecular flexibility index (Phi) is 7.51. The Labute approximate surface area is 144 Å². The molecule has 0 heterocycles. The number of carbonyl (C=O) groups is 3. The number of hydrogen-bond donors (Lipinski definition) is 3. The smallest absolute Gasteiger partial charge is 0.408 e. The van der Waals surface area contributed by atoms with Gasteiger partial charge in [0.15, 0.2) is 0 Å². The van der Waals surface area contributed by atoms with Gasteiger partial charge in [0.1, 0.15) is 5.60 Å². The predicted molar refractivity (Wildman–Crippen MR) is 91.5 cm³/mol. The minimum absolute atomic E-state index is 0.139. The highest BCUT2D eigenvalue weighted by Crippen LogP contribution is 2.28. The largest absolute Gasteiger partial charge is 0.444 e. The zero-order chi connectivity index (χ0) is 18.2. The van der Waals surface area contributed by atoms with Crippen LogP contribution in [0.5, 0.6) is 0 Å². The maximum absolute atomic E-state index is 12.1. The Morgan fingerprint density at radius 2 is 1.67 bits per heavy atom. The van der Waals surface area contributed by atoms with Crippen LogP contribution in [0, 0.1) is 0 Å². The van der Waals surface area contributed by atoms with Crippen LogP contribution in [0.4, 0.5) is 4.79 Å². The lowest BCUT2D eigenvalue weighted by atomic mass is 9.81. The molecule has 7 heteroatoms. The van der Waals surface area contributed by atoms with Crippen molar-refractivity contribution in [1.82, 2.24) is 16.0 Å². The van der Waals surface area contributed by atoms with Crippen LogP contribution in [0.25, 0.3) is 0 Å². The Morgan fingerprint density at radius 1 is 1.04 bits per heavy atom. The maximum Gasteiger partial charge on any atom is 0.408 e. The van der Waals surface area contributed by atoms with Crippen molar-refractivity contribution in [2.24, 2.45) is 0 Å². The van der Waals surface area contributed by atoms with Gasteiger partial charge in [0, 0.05) is 26.4 Å². The fourth-order valence-corrected chi connectivity index (χ4v) is 2.80. The molecule has 0 spiro atoms. The van der Waals surface area contributed by atoms with Crippen LogP contribution in [0.2, 0.25) is 0 Å². The van der Waals surface area contributed by atoms with E-state index in [1.807, 2.05) is 20.8 Å². The van der Waals surface area contributed by atoms with Gasteiger partial charge in [-0.2, -0.15) is 0 Å². The van der Waals surface area contributed by atoms with Gasteiger partial charge in [-0.05, 0) is 33.6 Å². The summed E-state index contributed by atoms with van der Waals surface area (Å²) in [6, 6.07) is 0. The number of carbonyl (C=O) groups excluding carboxylic acids is 3. The molecule has 0 bridgehead atoms. The van der Waals surface area contributed by atoms with Gasteiger partial charge in [0.2, 0.25) is 11.8 Å². The van der Waals surface area contributed by atoms with E-state index in [0.29, 0.717) is 13.1 Å². The molecule has 1 aliphatic carbocycles. The summed E-state index contributed by atoms with van der Waals surface area (Å²) < 4.78 is 5.35. The van der Waals surface area contributed by atoms with Crippen molar-refractivity contribution < 1.29 is 19.1 Å². The molecule has 1 fully saturated rings. The van der Waals surface area contributed by atoms with Crippen LogP contribution < -0.4 is 16.0 Å². The van der Waals surface area contributed by atoms with Crippen LogP contribution in [-0.4, -0.2) is 42.1 Å². The number of nitrogens with one attached hydrogen (secondary N) is 3. The summed E-state index contributed by atoms with van der Waals surface area (Å²) >= 11 is 0. The van der Waals surface area contributed by atoms with E-state index in [-0.39, 0.29) is 18.2 Å². The third-order valence-electron chi connectivity index (χ3n) is 3.93. The monoisotopic (exact) mass is 341 g/mol. The Morgan fingerprint density at radius 3 is 2.21 bits per heavy atom. The van der Waals surface area contributed by atoms with Crippen LogP contribution >= 0.6 is 0 Å². The molecule has 1 rings (SSSR count). The van der Waals surface area contributed by atoms with Crippen molar-refractivity contribution in [3.63, 3.8) is 0 Å². The summed E-state index contributed by atoms with van der Waals surface area (Å²) in [6.45, 7) is 7.58. The van der Waals surface area contributed by atoms with Crippen molar-refractivity contribution in [2.45, 2.75) is 77.4 Å². The fourth-order valence-electron chi connectivity index (χ4n) is 2.80. The van der Waals surface area contributed by atoms with Crippen LogP contribution in [0.1, 0.15) is 66.2 Å². The first-order valence-electron chi connectivity index (χ1n) is 8.64. The molecular formula is C17H31N3O4. The van der Waals surface area contributed by atoms with Crippen molar-refractivity contribution in [3.8, 4) is 0 Å². The van der Waals surface area contributed by atoms with Gasteiger partial charge >= 0.3 is 6.09 Å². The van der Waals surface area contributed by atoms with E-state index in [2.05, 4.69) is 16.0 Å². The van der Waals surface area contributed by atoms with Gasteiger partial charge in [-0.15, -0.1) is 0 Å². The lowest BCUT2D eigenvalue weighted by molar-refractivity contribution is -0.122. The zero-order valence-corrected chi connectivity index (χ0v) is 15.3. The second-order valence-corrected chi connectivity index (χ2v) is 7.48. The number of ether oxygens (including phenoxy) is 1. The highest BCUT2D eigenvalue weighted by molar-refractivity contribution is 5.78. The van der Waals surface area contributed by atoms with Crippen molar-refractivity contribution in [1.29, 1.82) is 0 Å². The first-order chi connectivity index (χ1) is 11.1. The van der Waals surface area contributed by atoms with Gasteiger partial charge in [-0.25, -0.2) is 4.79 Å². The molecule has 3 N–H and O–H groups in total. The molecule has 0 aromatic carbocycles. The third-order valence-corrected chi connectivity index (χ3v) is 3.93. The molecule has 7 nitrogen and oxygen atoms in total. The standard InChI is InChI=1S/C17H31N3O4/c1-13(21)18-11-8-14(22)19-12-17(9-6-5-7-10-17)20-15(23)24-16(2,3)4/h5-12H2,1-4H3,(H,18,21)(H,19,22)(H,20,23). The minimum atomic E-state index is -0.554. The van der Waals surface area contributed by atoms with Gasteiger partial charge in [-0.1, -0.05) is 19.3 Å². The molecule has 1 aliphatic rings. The van der Waals surface area contributed by atoms with E-state index >= 15 is 0 Å². The number of alkyl carbamates (subject to hydrolysis) is 1. The molecule has 138 valence electrons. The topological polar surface area (TPSA) is 96.5 Å². The summed E-state index contributed by atoms with van der Waals surface area (Å²) in [5.41, 5.74) is -1.01. The van der Waals surface area contributed by atoms with Gasteiger partial charge in [0.05, 0.1) is 5.54 Å². The van der Waals surface area contributed by atoms with Crippen molar-refractivity contribution in [2.75, 3.05) is 13.1 Å². The zero-order valence-electron chi connectivity index (χ0n) is 15.3. The summed E-state index contributed by atoms with van der Waals surface area (Å²) in [5.74, 6) is -0.294. The molecule has 3 amide bonds. The van der Waals surface area contributed by atoms with E-state index in [9.17, 15) is 14.4 Å². The number of amides is 3. The van der Waals surface area contributed by atoms with Crippen LogP contribution in [0.15, 0.2) is 0 Å². The normalized spacial score (nSPS) is 16.8. The van der Waals surface area contributed by atoms with Crippen molar-refractivity contribution in [3.05, 3.63) is 0 Å². The molecule has 1 saturated carbocycles. The van der Waals surface area contributed by atoms with Gasteiger partial charge in [0.25, 0.3) is 0 Å². The lowest BCUT2D eigenvalue weighted by Gasteiger charge is -2.38. The molecule has 0 saturated heterocycles. The highest BCUT2D eigenvalue weighted by Gasteiger charge is 2.35. The summed E-state index contributed by atoms with van der Waals surface area (Å²) in [4.78, 5) is 34.9. The van der Waals surface area contributed by atoms with Crippen LogP contribution in [0.3, 0.4) is 0 Å². The molecule has 0 atom stereocenters. The molecule has 0 unspecified atom stereocenters. The molecule has 24 heavy (non-hydrogen) atoms. The third kappa shape index (κ3) is 8.17. The highest BCUT2D eigenvalue weighted by atomic mass is 16.6. The number of hydrogen-bond acceptors (Lipinski definition) is 4. The molecular weight excluding hydrogens is 310 g/mol. The van der Waals surface area contributed by atoms with Gasteiger partial charge < -0.3 is 20.7 Å². The van der Waals surface area contributed by atoms with Gasteiger partial charge in [-0.3, -0.25) is 9.59 Å². The van der Waals surface area contributed by atoms with E-state index in [1.165, 1.54) is 6.92 Å². The lowest BCUT2D eigenvalue weighted by Crippen LogP contribution is -2.57. The Balaban J connectivity index is 2.53. The summed E-state index contributed by atoms with van der Waals surface area (Å²) in [6.07, 6.45) is 4.57. The summed E-state index contributed by atoms with van der Waals surface area (Å²) in [7, 11) is 0. The maximum atomic E-state index is 12.1. The first kappa shape index (κ1) is 20.3. The second kappa shape index (κ2) is 8.89. The summed E-state index contributed by atoms with van der Waals surface area (Å²) in [5, 5.41) is 8.44. The first-order valence-corrected chi connectivity index (χ1v) is 8.64. The minimum Gasteiger partial charge on any atom is -0.444 e. The molecule has 0 radical (unpaired) electrons. The van der Waals surface area contributed by atoms with E-state index < -0.39 is 17.2 Å². The number of rotatable bonds is 6. The van der Waals surface area contributed by atoms with E-state index in [0.717, 1.165) is 32.1 Å². The second-order valence-electron chi connectivity index (χ2n) is 7.48. The average molecular weight is 341 g/mol. The fraction of sp³-hybridized carbons (Fsp3) is 0.824. The SMILES string of the molecule is CC(=O)NCCC(=O)NCC1(NC(=O)OC(C)(C)C)CCCCC1. The van der Waals surface area contributed by atoms with E-state index in [1.54, 1.807) is 0 Å². The molecule has 0 aromatic rings. The quantitative estimate of drug-likeness (QED) is 0.687. The Bertz CT molecular complexity index is 451.